The molecule has 0 saturated heterocycles. The minimum absolute atomic E-state index is 0.213. The van der Waals surface area contributed by atoms with E-state index in [0.29, 0.717) is 22.4 Å². The summed E-state index contributed by atoms with van der Waals surface area (Å²) in [6, 6.07) is 15.0. The molecule has 118 valence electrons. The summed E-state index contributed by atoms with van der Waals surface area (Å²) in [5.41, 5.74) is 14.6. The van der Waals surface area contributed by atoms with Crippen molar-refractivity contribution < 1.29 is 0 Å². The molecule has 2 aromatic heterocycles. The second-order valence-corrected chi connectivity index (χ2v) is 5.75. The minimum Gasteiger partial charge on any atom is -0.394 e. The van der Waals surface area contributed by atoms with E-state index in [-0.39, 0.29) is 5.82 Å². The Kier molecular flexibility index (Phi) is 3.32. The van der Waals surface area contributed by atoms with E-state index >= 15 is 0 Å². The van der Waals surface area contributed by atoms with Gasteiger partial charge in [-0.1, -0.05) is 41.9 Å². The minimum atomic E-state index is 0.213. The molecule has 4 aromatic rings. The van der Waals surface area contributed by atoms with Crippen LogP contribution in [-0.4, -0.2) is 19.7 Å². The zero-order valence-electron chi connectivity index (χ0n) is 12.5. The first-order valence-corrected chi connectivity index (χ1v) is 7.63. The summed E-state index contributed by atoms with van der Waals surface area (Å²) in [6.07, 6.45) is 1.85. The molecule has 0 aliphatic rings. The number of hydrogen-bond donors (Lipinski definition) is 2. The van der Waals surface area contributed by atoms with E-state index < -0.39 is 0 Å². The van der Waals surface area contributed by atoms with Crippen LogP contribution in [0.2, 0.25) is 5.02 Å². The maximum Gasteiger partial charge on any atom is 0.253 e. The highest BCUT2D eigenvalue weighted by Gasteiger charge is 2.14. The van der Waals surface area contributed by atoms with Crippen molar-refractivity contribution in [3.63, 3.8) is 0 Å². The average Bonchev–Trinajstić information content (AvgIpc) is 3.02. The quantitative estimate of drug-likeness (QED) is 0.585. The van der Waals surface area contributed by atoms with E-state index in [2.05, 4.69) is 15.1 Å². The summed E-state index contributed by atoms with van der Waals surface area (Å²) in [5.74, 6) is 0.576. The van der Waals surface area contributed by atoms with Gasteiger partial charge >= 0.3 is 0 Å². The molecule has 0 fully saturated rings. The average molecular weight is 337 g/mol. The second-order valence-electron chi connectivity index (χ2n) is 5.31. The van der Waals surface area contributed by atoms with E-state index in [0.717, 1.165) is 16.5 Å². The smallest absolute Gasteiger partial charge is 0.253 e. The molecule has 2 heterocycles. The number of aromatic nitrogens is 4. The van der Waals surface area contributed by atoms with Gasteiger partial charge < -0.3 is 11.5 Å². The molecule has 0 atom stereocenters. The zero-order valence-corrected chi connectivity index (χ0v) is 13.3. The highest BCUT2D eigenvalue weighted by Crippen LogP contribution is 2.29. The van der Waals surface area contributed by atoms with Crippen LogP contribution >= 0.6 is 11.6 Å². The first kappa shape index (κ1) is 14.5. The Hall–Kier alpha value is -3.12. The predicted molar refractivity (Wildman–Crippen MR) is 95.9 cm³/mol. The normalized spacial score (nSPS) is 11.0. The van der Waals surface area contributed by atoms with Crippen molar-refractivity contribution in [1.29, 1.82) is 0 Å². The number of nitrogens with two attached hydrogens (primary N) is 2. The van der Waals surface area contributed by atoms with E-state index in [1.165, 1.54) is 0 Å². The molecule has 6 nitrogen and oxygen atoms in total. The number of hydrogen-bond acceptors (Lipinski definition) is 5. The largest absolute Gasteiger partial charge is 0.394 e. The Bertz CT molecular complexity index is 1010. The van der Waals surface area contributed by atoms with Crippen LogP contribution in [0.4, 0.5) is 11.5 Å². The highest BCUT2D eigenvalue weighted by atomic mass is 35.5. The van der Waals surface area contributed by atoms with E-state index in [1.807, 2.05) is 42.6 Å². The maximum atomic E-state index is 6.06. The third kappa shape index (κ3) is 2.43. The molecule has 7 heteroatoms. The third-order valence-electron chi connectivity index (χ3n) is 3.70. The highest BCUT2D eigenvalue weighted by molar-refractivity contribution is 6.30. The topological polar surface area (TPSA) is 95.6 Å². The fourth-order valence-electron chi connectivity index (χ4n) is 2.47. The first-order valence-electron chi connectivity index (χ1n) is 7.25. The van der Waals surface area contributed by atoms with Gasteiger partial charge in [-0.2, -0.15) is 10.1 Å². The van der Waals surface area contributed by atoms with Gasteiger partial charge in [0.05, 0.1) is 5.52 Å². The van der Waals surface area contributed by atoms with Crippen molar-refractivity contribution in [1.82, 2.24) is 19.7 Å². The Morgan fingerprint density at radius 1 is 0.917 bits per heavy atom. The second kappa shape index (κ2) is 5.50. The molecular formula is C17H13ClN6. The molecule has 4 rings (SSSR count). The molecule has 0 bridgehead atoms. The number of rotatable bonds is 2. The fraction of sp³-hybridized carbons (Fsp3) is 0. The lowest BCUT2D eigenvalue weighted by Gasteiger charge is -2.10. The summed E-state index contributed by atoms with van der Waals surface area (Å²) in [7, 11) is 0. The number of benzene rings is 2. The van der Waals surface area contributed by atoms with Crippen LogP contribution < -0.4 is 11.5 Å². The molecule has 0 saturated carbocycles. The van der Waals surface area contributed by atoms with Gasteiger partial charge in [-0.05, 0) is 18.2 Å². The van der Waals surface area contributed by atoms with Crippen molar-refractivity contribution in [3.8, 4) is 17.2 Å². The van der Waals surface area contributed by atoms with Gasteiger partial charge in [0.1, 0.15) is 11.4 Å². The SMILES string of the molecule is Nc1nc(-n2cc3ccccc3n2)nc(-c2ccc(Cl)cc2)c1N. The first-order chi connectivity index (χ1) is 11.6. The van der Waals surface area contributed by atoms with Gasteiger partial charge in [-0.15, -0.1) is 0 Å². The fourth-order valence-corrected chi connectivity index (χ4v) is 2.60. The molecule has 0 amide bonds. The molecule has 0 spiro atoms. The van der Waals surface area contributed by atoms with Crippen LogP contribution in [0.3, 0.4) is 0 Å². The number of nitrogen functional groups attached to an aromatic ring is 2. The monoisotopic (exact) mass is 336 g/mol. The molecule has 0 radical (unpaired) electrons. The van der Waals surface area contributed by atoms with E-state index in [4.69, 9.17) is 23.1 Å². The van der Waals surface area contributed by atoms with Crippen molar-refractivity contribution in [2.45, 2.75) is 0 Å². The molecule has 0 unspecified atom stereocenters. The lowest BCUT2D eigenvalue weighted by atomic mass is 10.1. The number of halogens is 1. The zero-order chi connectivity index (χ0) is 16.7. The molecule has 2 aromatic carbocycles. The summed E-state index contributed by atoms with van der Waals surface area (Å²) < 4.78 is 1.60. The van der Waals surface area contributed by atoms with Gasteiger partial charge in [0.15, 0.2) is 5.82 Å². The van der Waals surface area contributed by atoms with Gasteiger partial charge in [0, 0.05) is 22.2 Å². The Balaban J connectivity index is 1.89. The summed E-state index contributed by atoms with van der Waals surface area (Å²) in [6.45, 7) is 0. The van der Waals surface area contributed by atoms with E-state index in [1.54, 1.807) is 16.8 Å². The number of nitrogens with zero attached hydrogens (tertiary/aromatic N) is 4. The molecule has 4 N–H and O–H groups in total. The van der Waals surface area contributed by atoms with Crippen LogP contribution in [0, 0.1) is 0 Å². The Labute approximate surface area is 142 Å². The van der Waals surface area contributed by atoms with Gasteiger partial charge in [-0.3, -0.25) is 0 Å². The lowest BCUT2D eigenvalue weighted by molar-refractivity contribution is 0.824. The maximum absolute atomic E-state index is 6.06. The summed E-state index contributed by atoms with van der Waals surface area (Å²) >= 11 is 5.94. The summed E-state index contributed by atoms with van der Waals surface area (Å²) in [4.78, 5) is 8.80. The van der Waals surface area contributed by atoms with Crippen LogP contribution in [0.5, 0.6) is 0 Å². The summed E-state index contributed by atoms with van der Waals surface area (Å²) in [5, 5.41) is 6.10. The van der Waals surface area contributed by atoms with Crippen molar-refractivity contribution in [3.05, 3.63) is 59.8 Å². The van der Waals surface area contributed by atoms with Crippen LogP contribution in [-0.2, 0) is 0 Å². The molecule has 0 aliphatic carbocycles. The van der Waals surface area contributed by atoms with Crippen molar-refractivity contribution >= 4 is 34.0 Å². The Morgan fingerprint density at radius 2 is 1.67 bits per heavy atom. The van der Waals surface area contributed by atoms with Crippen LogP contribution in [0.1, 0.15) is 0 Å². The van der Waals surface area contributed by atoms with Crippen molar-refractivity contribution in [2.75, 3.05) is 11.5 Å². The molecule has 0 aliphatic heterocycles. The van der Waals surface area contributed by atoms with Gasteiger partial charge in [0.25, 0.3) is 5.95 Å². The Morgan fingerprint density at radius 3 is 2.42 bits per heavy atom. The number of anilines is 2. The standard InChI is InChI=1S/C17H13ClN6/c18-12-7-5-10(6-8-12)15-14(19)16(20)22-17(21-15)24-9-11-3-1-2-4-13(11)23-24/h1-9H,19H2,(H2,20,21,22). The van der Waals surface area contributed by atoms with Crippen molar-refractivity contribution in [2.24, 2.45) is 0 Å². The van der Waals surface area contributed by atoms with Gasteiger partial charge in [-0.25, -0.2) is 9.67 Å². The third-order valence-corrected chi connectivity index (χ3v) is 3.95. The lowest BCUT2D eigenvalue weighted by Crippen LogP contribution is -2.09. The predicted octanol–water partition coefficient (Wildman–Crippen LogP) is 3.30. The molecule has 24 heavy (non-hydrogen) atoms. The van der Waals surface area contributed by atoms with Crippen LogP contribution in [0.15, 0.2) is 54.7 Å². The van der Waals surface area contributed by atoms with Crippen LogP contribution in [0.25, 0.3) is 28.1 Å². The molecular weight excluding hydrogens is 324 g/mol. The number of fused-ring (bicyclic) bond motifs is 1. The van der Waals surface area contributed by atoms with Gasteiger partial charge in [0.2, 0.25) is 0 Å². The van der Waals surface area contributed by atoms with E-state index in [9.17, 15) is 0 Å².